The van der Waals surface area contributed by atoms with Crippen molar-refractivity contribution in [1.29, 1.82) is 0 Å². The fraction of sp³-hybridized carbons (Fsp3) is 0.538. The second-order valence-corrected chi connectivity index (χ2v) is 4.20. The van der Waals surface area contributed by atoms with Gasteiger partial charge in [-0.05, 0) is 33.8 Å². The van der Waals surface area contributed by atoms with Crippen LogP contribution in [-0.4, -0.2) is 30.1 Å². The van der Waals surface area contributed by atoms with Crippen molar-refractivity contribution in [3.8, 4) is 0 Å². The normalized spacial score (nSPS) is 10.5. The number of rotatable bonds is 5. The van der Waals surface area contributed by atoms with Crippen LogP contribution in [0.5, 0.6) is 0 Å². The number of nitrogens with zero attached hydrogens (tertiary/aromatic N) is 2. The smallest absolute Gasteiger partial charge is 0.340 e. The van der Waals surface area contributed by atoms with Gasteiger partial charge in [0, 0.05) is 18.8 Å². The monoisotopic (exact) mass is 251 g/mol. The summed E-state index contributed by atoms with van der Waals surface area (Å²) in [6.07, 6.45) is 1.59. The first-order valence-corrected chi connectivity index (χ1v) is 6.21. The standard InChI is InChI=1S/C13H21N3O2/c1-5-16(9(3)4)12-11(14)10(7-8-15-12)13(17)18-6-2/h7-9H,5-6,14H2,1-4H3. The molecule has 0 amide bonds. The molecule has 0 aromatic carbocycles. The molecule has 0 saturated heterocycles. The average molecular weight is 251 g/mol. The molecule has 5 heteroatoms. The van der Waals surface area contributed by atoms with Crippen LogP contribution >= 0.6 is 0 Å². The number of esters is 1. The lowest BCUT2D eigenvalue weighted by Crippen LogP contribution is -2.32. The predicted octanol–water partition coefficient (Wildman–Crippen LogP) is 2.08. The van der Waals surface area contributed by atoms with Gasteiger partial charge in [-0.15, -0.1) is 0 Å². The molecule has 1 aromatic rings. The van der Waals surface area contributed by atoms with Gasteiger partial charge >= 0.3 is 5.97 Å². The molecular formula is C13H21N3O2. The minimum Gasteiger partial charge on any atom is -0.462 e. The number of anilines is 2. The molecule has 2 N–H and O–H groups in total. The number of ether oxygens (including phenoxy) is 1. The van der Waals surface area contributed by atoms with Gasteiger partial charge in [0.15, 0.2) is 5.82 Å². The van der Waals surface area contributed by atoms with E-state index in [0.717, 1.165) is 6.54 Å². The summed E-state index contributed by atoms with van der Waals surface area (Å²) in [5.41, 5.74) is 6.78. The Balaban J connectivity index is 3.16. The summed E-state index contributed by atoms with van der Waals surface area (Å²) >= 11 is 0. The molecule has 0 saturated carbocycles. The summed E-state index contributed by atoms with van der Waals surface area (Å²) in [5, 5.41) is 0. The van der Waals surface area contributed by atoms with E-state index >= 15 is 0 Å². The van der Waals surface area contributed by atoms with E-state index in [2.05, 4.69) is 18.8 Å². The Morgan fingerprint density at radius 1 is 1.50 bits per heavy atom. The van der Waals surface area contributed by atoms with E-state index in [1.54, 1.807) is 19.2 Å². The Hall–Kier alpha value is -1.78. The quantitative estimate of drug-likeness (QED) is 0.811. The highest BCUT2D eigenvalue weighted by Gasteiger charge is 2.19. The zero-order valence-electron chi connectivity index (χ0n) is 11.4. The molecule has 5 nitrogen and oxygen atoms in total. The fourth-order valence-corrected chi connectivity index (χ4v) is 1.84. The van der Waals surface area contributed by atoms with Gasteiger partial charge in [0.2, 0.25) is 0 Å². The SMILES string of the molecule is CCOC(=O)c1ccnc(N(CC)C(C)C)c1N. The molecule has 0 atom stereocenters. The second-order valence-electron chi connectivity index (χ2n) is 4.20. The number of hydrogen-bond donors (Lipinski definition) is 1. The Kier molecular flexibility index (Phi) is 4.95. The van der Waals surface area contributed by atoms with Crippen LogP contribution in [0, 0.1) is 0 Å². The van der Waals surface area contributed by atoms with Gasteiger partial charge in [0.1, 0.15) is 0 Å². The Labute approximate surface area is 108 Å². The topological polar surface area (TPSA) is 68.5 Å². The average Bonchev–Trinajstić information content (AvgIpc) is 2.32. The number of aromatic nitrogens is 1. The number of nitrogen functional groups attached to an aromatic ring is 1. The zero-order chi connectivity index (χ0) is 13.7. The lowest BCUT2D eigenvalue weighted by atomic mass is 10.2. The highest BCUT2D eigenvalue weighted by atomic mass is 16.5. The van der Waals surface area contributed by atoms with Crippen LogP contribution in [0.2, 0.25) is 0 Å². The molecule has 0 fully saturated rings. The molecular weight excluding hydrogens is 230 g/mol. The third kappa shape index (κ3) is 2.91. The summed E-state index contributed by atoms with van der Waals surface area (Å²) in [5.74, 6) is 0.233. The number of hydrogen-bond acceptors (Lipinski definition) is 5. The summed E-state index contributed by atoms with van der Waals surface area (Å²) in [4.78, 5) is 18.1. The van der Waals surface area contributed by atoms with E-state index in [1.807, 2.05) is 11.8 Å². The van der Waals surface area contributed by atoms with Crippen molar-refractivity contribution in [3.05, 3.63) is 17.8 Å². The highest BCUT2D eigenvalue weighted by molar-refractivity contribution is 5.97. The van der Waals surface area contributed by atoms with Crippen LogP contribution in [-0.2, 0) is 4.74 Å². The van der Waals surface area contributed by atoms with Gasteiger partial charge in [-0.2, -0.15) is 0 Å². The summed E-state index contributed by atoms with van der Waals surface area (Å²) in [7, 11) is 0. The van der Waals surface area contributed by atoms with Gasteiger partial charge in [-0.3, -0.25) is 0 Å². The largest absolute Gasteiger partial charge is 0.462 e. The maximum atomic E-state index is 11.7. The molecule has 0 unspecified atom stereocenters. The zero-order valence-corrected chi connectivity index (χ0v) is 11.4. The molecule has 0 spiro atoms. The van der Waals surface area contributed by atoms with Gasteiger partial charge in [-0.1, -0.05) is 0 Å². The number of pyridine rings is 1. The first kappa shape index (κ1) is 14.3. The molecule has 0 bridgehead atoms. The van der Waals surface area contributed by atoms with Crippen molar-refractivity contribution in [2.75, 3.05) is 23.8 Å². The van der Waals surface area contributed by atoms with E-state index in [4.69, 9.17) is 10.5 Å². The molecule has 1 rings (SSSR count). The van der Waals surface area contributed by atoms with E-state index < -0.39 is 5.97 Å². The molecule has 1 heterocycles. The van der Waals surface area contributed by atoms with Crippen molar-refractivity contribution in [2.45, 2.75) is 33.7 Å². The molecule has 1 aromatic heterocycles. The van der Waals surface area contributed by atoms with Crippen LogP contribution in [0.25, 0.3) is 0 Å². The van der Waals surface area contributed by atoms with E-state index in [0.29, 0.717) is 23.7 Å². The summed E-state index contributed by atoms with van der Waals surface area (Å²) in [6, 6.07) is 1.85. The van der Waals surface area contributed by atoms with Crippen molar-refractivity contribution in [3.63, 3.8) is 0 Å². The van der Waals surface area contributed by atoms with Crippen molar-refractivity contribution in [1.82, 2.24) is 4.98 Å². The fourth-order valence-electron chi connectivity index (χ4n) is 1.84. The van der Waals surface area contributed by atoms with Gasteiger partial charge in [0.05, 0.1) is 17.9 Å². The number of nitrogens with two attached hydrogens (primary N) is 1. The lowest BCUT2D eigenvalue weighted by Gasteiger charge is -2.27. The van der Waals surface area contributed by atoms with Crippen LogP contribution in [0.3, 0.4) is 0 Å². The minimum absolute atomic E-state index is 0.266. The van der Waals surface area contributed by atoms with Crippen molar-refractivity contribution in [2.24, 2.45) is 0 Å². The van der Waals surface area contributed by atoms with Crippen LogP contribution in [0.15, 0.2) is 12.3 Å². The minimum atomic E-state index is -0.404. The second kappa shape index (κ2) is 6.23. The van der Waals surface area contributed by atoms with Crippen molar-refractivity contribution < 1.29 is 9.53 Å². The molecule has 18 heavy (non-hydrogen) atoms. The summed E-state index contributed by atoms with van der Waals surface area (Å²) < 4.78 is 4.97. The molecule has 0 radical (unpaired) electrons. The van der Waals surface area contributed by atoms with E-state index in [1.165, 1.54) is 0 Å². The summed E-state index contributed by atoms with van der Waals surface area (Å²) in [6.45, 7) is 9.02. The van der Waals surface area contributed by atoms with E-state index in [9.17, 15) is 4.79 Å². The van der Waals surface area contributed by atoms with E-state index in [-0.39, 0.29) is 6.04 Å². The Morgan fingerprint density at radius 2 is 2.17 bits per heavy atom. The first-order chi connectivity index (χ1) is 8.52. The maximum Gasteiger partial charge on any atom is 0.340 e. The number of carbonyl (C=O) groups excluding carboxylic acids is 1. The third-order valence-corrected chi connectivity index (χ3v) is 2.70. The molecule has 0 aliphatic rings. The van der Waals surface area contributed by atoms with Gasteiger partial charge < -0.3 is 15.4 Å². The maximum absolute atomic E-state index is 11.7. The van der Waals surface area contributed by atoms with Gasteiger partial charge in [-0.25, -0.2) is 9.78 Å². The predicted molar refractivity (Wildman–Crippen MR) is 72.8 cm³/mol. The van der Waals surface area contributed by atoms with Crippen molar-refractivity contribution >= 4 is 17.5 Å². The van der Waals surface area contributed by atoms with Crippen LogP contribution in [0.4, 0.5) is 11.5 Å². The molecule has 0 aliphatic carbocycles. The lowest BCUT2D eigenvalue weighted by molar-refractivity contribution is 0.0527. The Morgan fingerprint density at radius 3 is 2.67 bits per heavy atom. The molecule has 0 aliphatic heterocycles. The van der Waals surface area contributed by atoms with Crippen LogP contribution in [0.1, 0.15) is 38.1 Å². The van der Waals surface area contributed by atoms with Gasteiger partial charge in [0.25, 0.3) is 0 Å². The highest BCUT2D eigenvalue weighted by Crippen LogP contribution is 2.25. The first-order valence-electron chi connectivity index (χ1n) is 6.21. The molecule has 100 valence electrons. The third-order valence-electron chi connectivity index (χ3n) is 2.70. The number of carbonyl (C=O) groups is 1. The van der Waals surface area contributed by atoms with Crippen LogP contribution < -0.4 is 10.6 Å². The Bertz CT molecular complexity index is 419.